The lowest BCUT2D eigenvalue weighted by atomic mass is 10.0. The number of rotatable bonds is 1. The lowest BCUT2D eigenvalue weighted by Gasteiger charge is -2.09. The van der Waals surface area contributed by atoms with E-state index in [-0.39, 0.29) is 0 Å². The van der Waals surface area contributed by atoms with Crippen molar-refractivity contribution in [3.05, 3.63) is 64.7 Å². The van der Waals surface area contributed by atoms with E-state index in [1.54, 1.807) is 7.05 Å². The Labute approximate surface area is 121 Å². The summed E-state index contributed by atoms with van der Waals surface area (Å²) in [6, 6.07) is 15.7. The van der Waals surface area contributed by atoms with Crippen LogP contribution in [0.4, 0.5) is 5.69 Å². The summed E-state index contributed by atoms with van der Waals surface area (Å²) in [7, 11) is 1.64. The Morgan fingerprint density at radius 3 is 2.70 bits per heavy atom. The highest BCUT2D eigenvalue weighted by molar-refractivity contribution is 6.31. The monoisotopic (exact) mass is 285 g/mol. The molecule has 1 aliphatic rings. The summed E-state index contributed by atoms with van der Waals surface area (Å²) >= 11 is 6.10. The number of hydrogen-bond acceptors (Lipinski definition) is 3. The van der Waals surface area contributed by atoms with Crippen molar-refractivity contribution in [3.8, 4) is 0 Å². The first-order valence-electron chi connectivity index (χ1n) is 6.12. The average molecular weight is 286 g/mol. The van der Waals surface area contributed by atoms with Crippen LogP contribution in [0.25, 0.3) is 0 Å². The number of anilines is 1. The number of aliphatic imine (C=N–C) groups is 1. The topological polar surface area (TPSA) is 46.0 Å². The molecule has 20 heavy (non-hydrogen) atoms. The maximum absolute atomic E-state index is 6.10. The molecule has 0 atom stereocenters. The molecular weight excluding hydrogens is 274 g/mol. The van der Waals surface area contributed by atoms with E-state index in [4.69, 9.17) is 16.4 Å². The zero-order valence-electron chi connectivity index (χ0n) is 10.8. The van der Waals surface area contributed by atoms with Gasteiger partial charge in [0.15, 0.2) is 0 Å². The van der Waals surface area contributed by atoms with E-state index < -0.39 is 0 Å². The first-order valence-corrected chi connectivity index (χ1v) is 6.50. The molecule has 1 heterocycles. The molecule has 0 aliphatic carbocycles. The molecule has 0 aromatic heterocycles. The first-order chi connectivity index (χ1) is 9.78. The smallest absolute Gasteiger partial charge is 0.317 e. The minimum atomic E-state index is 0.347. The fourth-order valence-electron chi connectivity index (χ4n) is 2.00. The number of halogens is 1. The van der Waals surface area contributed by atoms with Crippen LogP contribution in [0.15, 0.2) is 58.7 Å². The van der Waals surface area contributed by atoms with Crippen molar-refractivity contribution in [2.45, 2.75) is 0 Å². The predicted molar refractivity (Wildman–Crippen MR) is 81.6 cm³/mol. The number of benzene rings is 2. The molecule has 2 aromatic carbocycles. The van der Waals surface area contributed by atoms with Crippen LogP contribution in [0.1, 0.15) is 11.1 Å². The third kappa shape index (κ3) is 2.38. The van der Waals surface area contributed by atoms with Crippen LogP contribution >= 0.6 is 11.6 Å². The van der Waals surface area contributed by atoms with E-state index in [1.807, 2.05) is 48.5 Å². The fourth-order valence-corrected chi connectivity index (χ4v) is 2.17. The highest BCUT2D eigenvalue weighted by Gasteiger charge is 2.18. The second kappa shape index (κ2) is 5.35. The Balaban J connectivity index is 2.19. The maximum atomic E-state index is 6.10. The highest BCUT2D eigenvalue weighted by Crippen LogP contribution is 2.26. The van der Waals surface area contributed by atoms with Gasteiger partial charge in [-0.1, -0.05) is 47.1 Å². The van der Waals surface area contributed by atoms with Crippen LogP contribution in [-0.2, 0) is 4.84 Å². The molecule has 5 heteroatoms. The molecule has 1 aliphatic heterocycles. The summed E-state index contributed by atoms with van der Waals surface area (Å²) in [5.74, 6) is 0. The van der Waals surface area contributed by atoms with Crippen LogP contribution in [-0.4, -0.2) is 18.8 Å². The van der Waals surface area contributed by atoms with Gasteiger partial charge in [-0.05, 0) is 18.2 Å². The zero-order valence-corrected chi connectivity index (χ0v) is 11.6. The summed E-state index contributed by atoms with van der Waals surface area (Å²) in [6.07, 6.45) is 0. The van der Waals surface area contributed by atoms with E-state index in [2.05, 4.69) is 15.5 Å². The Hall–Kier alpha value is -2.33. The van der Waals surface area contributed by atoms with Crippen LogP contribution in [0.2, 0.25) is 5.02 Å². The SMILES string of the molecule is CN=C1Nc2ccc(Cl)cc2C(c2ccccc2)=NO1. The van der Waals surface area contributed by atoms with Crippen LogP contribution in [0.3, 0.4) is 0 Å². The number of hydrogen-bond donors (Lipinski definition) is 1. The minimum absolute atomic E-state index is 0.347. The van der Waals surface area contributed by atoms with E-state index in [9.17, 15) is 0 Å². The number of nitrogens with one attached hydrogen (secondary N) is 1. The van der Waals surface area contributed by atoms with E-state index in [1.165, 1.54) is 0 Å². The molecule has 2 aromatic rings. The van der Waals surface area contributed by atoms with Crippen molar-refractivity contribution in [3.63, 3.8) is 0 Å². The summed E-state index contributed by atoms with van der Waals surface area (Å²) in [6.45, 7) is 0. The summed E-state index contributed by atoms with van der Waals surface area (Å²) in [5.41, 5.74) is 3.40. The van der Waals surface area contributed by atoms with Gasteiger partial charge in [-0.15, -0.1) is 0 Å². The van der Waals surface area contributed by atoms with Gasteiger partial charge in [0, 0.05) is 23.2 Å². The van der Waals surface area contributed by atoms with Gasteiger partial charge in [-0.25, -0.2) is 4.99 Å². The second-order valence-electron chi connectivity index (χ2n) is 4.24. The number of nitrogens with zero attached hydrogens (tertiary/aromatic N) is 2. The molecule has 0 amide bonds. The van der Waals surface area contributed by atoms with Gasteiger partial charge < -0.3 is 10.2 Å². The summed E-state index contributed by atoms with van der Waals surface area (Å²) < 4.78 is 0. The molecule has 0 bridgehead atoms. The second-order valence-corrected chi connectivity index (χ2v) is 4.68. The quantitative estimate of drug-likeness (QED) is 0.871. The lowest BCUT2D eigenvalue weighted by molar-refractivity contribution is 0.328. The van der Waals surface area contributed by atoms with Gasteiger partial charge in [0.1, 0.15) is 5.71 Å². The third-order valence-electron chi connectivity index (χ3n) is 2.95. The lowest BCUT2D eigenvalue weighted by Crippen LogP contribution is -2.12. The first kappa shape index (κ1) is 12.7. The molecule has 0 fully saturated rings. The molecule has 0 spiro atoms. The maximum Gasteiger partial charge on any atom is 0.319 e. The zero-order chi connectivity index (χ0) is 13.9. The summed E-state index contributed by atoms with van der Waals surface area (Å²) in [4.78, 5) is 9.33. The summed E-state index contributed by atoms with van der Waals surface area (Å²) in [5, 5.41) is 7.93. The number of oxime groups is 1. The number of fused-ring (bicyclic) bond motifs is 1. The molecular formula is C15H12ClN3O. The van der Waals surface area contributed by atoms with Crippen LogP contribution < -0.4 is 5.32 Å². The van der Waals surface area contributed by atoms with Crippen molar-refractivity contribution in [2.75, 3.05) is 12.4 Å². The highest BCUT2D eigenvalue weighted by atomic mass is 35.5. The van der Waals surface area contributed by atoms with E-state index in [0.29, 0.717) is 16.8 Å². The molecule has 3 rings (SSSR count). The Morgan fingerprint density at radius 1 is 1.15 bits per heavy atom. The van der Waals surface area contributed by atoms with Crippen molar-refractivity contribution in [1.82, 2.24) is 0 Å². The molecule has 1 N–H and O–H groups in total. The van der Waals surface area contributed by atoms with Gasteiger partial charge >= 0.3 is 6.02 Å². The molecule has 0 saturated carbocycles. The van der Waals surface area contributed by atoms with E-state index >= 15 is 0 Å². The predicted octanol–water partition coefficient (Wildman–Crippen LogP) is 3.52. The van der Waals surface area contributed by atoms with Gasteiger partial charge in [-0.2, -0.15) is 0 Å². The molecule has 100 valence electrons. The molecule has 0 saturated heterocycles. The molecule has 4 nitrogen and oxygen atoms in total. The van der Waals surface area contributed by atoms with Gasteiger partial charge in [0.25, 0.3) is 0 Å². The van der Waals surface area contributed by atoms with Crippen molar-refractivity contribution < 1.29 is 4.84 Å². The Morgan fingerprint density at radius 2 is 1.95 bits per heavy atom. The largest absolute Gasteiger partial charge is 0.319 e. The normalized spacial score (nSPS) is 15.7. The standard InChI is InChI=1S/C15H12ClN3O/c1-17-15-18-13-8-7-11(16)9-12(13)14(19-20-15)10-5-3-2-4-6-10/h2-9H,1H3,(H,17,18). The van der Waals surface area contributed by atoms with Crippen LogP contribution in [0.5, 0.6) is 0 Å². The average Bonchev–Trinajstić information content (AvgIpc) is 2.67. The van der Waals surface area contributed by atoms with Gasteiger partial charge in [0.05, 0.1) is 5.69 Å². The van der Waals surface area contributed by atoms with Crippen molar-refractivity contribution >= 4 is 29.0 Å². The van der Waals surface area contributed by atoms with Gasteiger partial charge in [-0.3, -0.25) is 0 Å². The fraction of sp³-hybridized carbons (Fsp3) is 0.0667. The number of amidine groups is 1. The third-order valence-corrected chi connectivity index (χ3v) is 3.19. The Kier molecular flexibility index (Phi) is 3.39. The minimum Gasteiger partial charge on any atom is -0.317 e. The van der Waals surface area contributed by atoms with Crippen LogP contribution in [0, 0.1) is 0 Å². The Bertz CT molecular complexity index is 696. The molecule has 0 radical (unpaired) electrons. The van der Waals surface area contributed by atoms with Crippen molar-refractivity contribution in [1.29, 1.82) is 0 Å². The van der Waals surface area contributed by atoms with Crippen molar-refractivity contribution in [2.24, 2.45) is 10.1 Å². The van der Waals surface area contributed by atoms with Gasteiger partial charge in [0.2, 0.25) is 0 Å². The van der Waals surface area contributed by atoms with E-state index in [0.717, 1.165) is 16.8 Å². The molecule has 0 unspecified atom stereocenters.